The van der Waals surface area contributed by atoms with Gasteiger partial charge >= 0.3 is 0 Å². The summed E-state index contributed by atoms with van der Waals surface area (Å²) >= 11 is 1.60. The molecule has 1 heterocycles. The average Bonchev–Trinajstić information content (AvgIpc) is 2.64. The highest BCUT2D eigenvalue weighted by molar-refractivity contribution is 8.01. The van der Waals surface area contributed by atoms with E-state index < -0.39 is 0 Å². The summed E-state index contributed by atoms with van der Waals surface area (Å²) in [5.74, 6) is -0.0438. The number of fused-ring (bicyclic) bond motifs is 1. The van der Waals surface area contributed by atoms with Crippen molar-refractivity contribution < 1.29 is 9.59 Å². The number of hydrogen-bond donors (Lipinski definition) is 1. The van der Waals surface area contributed by atoms with E-state index >= 15 is 0 Å². The third kappa shape index (κ3) is 4.46. The standard InChI is InChI=1S/C20H26N2O2S/c1-2-17-20(24)22(16-10-6-7-11-18(16)25-17)14-19(23)21-13-12-15-8-4-3-5-9-15/h6-8,10-11,17H,2-5,9,12-14H2,1H3,(H,21,23)/t17-/m0/s1. The van der Waals surface area contributed by atoms with Crippen LogP contribution in [-0.4, -0.2) is 30.2 Å². The van der Waals surface area contributed by atoms with Gasteiger partial charge in [0.05, 0.1) is 10.9 Å². The molecule has 0 unspecified atom stereocenters. The minimum absolute atomic E-state index is 0.0383. The molecule has 0 fully saturated rings. The van der Waals surface area contributed by atoms with Gasteiger partial charge in [-0.1, -0.05) is 30.7 Å². The van der Waals surface area contributed by atoms with E-state index in [9.17, 15) is 9.59 Å². The van der Waals surface area contributed by atoms with Gasteiger partial charge in [0.1, 0.15) is 6.54 Å². The van der Waals surface area contributed by atoms with Crippen molar-refractivity contribution in [3.63, 3.8) is 0 Å². The highest BCUT2D eigenvalue weighted by Gasteiger charge is 2.33. The normalized spacial score (nSPS) is 20.0. The van der Waals surface area contributed by atoms with Crippen molar-refractivity contribution in [3.8, 4) is 0 Å². The summed E-state index contributed by atoms with van der Waals surface area (Å²) in [6.45, 7) is 2.77. The van der Waals surface area contributed by atoms with Crippen LogP contribution in [0.2, 0.25) is 0 Å². The van der Waals surface area contributed by atoms with E-state index in [0.29, 0.717) is 6.54 Å². The largest absolute Gasteiger partial charge is 0.354 e. The second-order valence-electron chi connectivity index (χ2n) is 6.61. The van der Waals surface area contributed by atoms with E-state index in [-0.39, 0.29) is 23.6 Å². The minimum Gasteiger partial charge on any atom is -0.354 e. The number of rotatable bonds is 6. The summed E-state index contributed by atoms with van der Waals surface area (Å²) in [5.41, 5.74) is 2.31. The number of benzene rings is 1. The van der Waals surface area contributed by atoms with Gasteiger partial charge in [-0.25, -0.2) is 0 Å². The number of para-hydroxylation sites is 1. The number of nitrogens with zero attached hydrogens (tertiary/aromatic N) is 1. The number of thioether (sulfide) groups is 1. The van der Waals surface area contributed by atoms with E-state index in [0.717, 1.165) is 29.8 Å². The van der Waals surface area contributed by atoms with E-state index in [1.165, 1.54) is 24.8 Å². The van der Waals surface area contributed by atoms with E-state index in [4.69, 9.17) is 0 Å². The van der Waals surface area contributed by atoms with Crippen molar-refractivity contribution in [2.45, 2.75) is 55.6 Å². The molecule has 1 aliphatic heterocycles. The van der Waals surface area contributed by atoms with Crippen LogP contribution < -0.4 is 10.2 Å². The number of hydrogen-bond acceptors (Lipinski definition) is 3. The molecule has 1 aromatic rings. The Bertz CT molecular complexity index is 671. The van der Waals surface area contributed by atoms with Crippen molar-refractivity contribution >= 4 is 29.3 Å². The lowest BCUT2D eigenvalue weighted by Gasteiger charge is -2.32. The molecule has 3 rings (SSSR count). The highest BCUT2D eigenvalue weighted by atomic mass is 32.2. The monoisotopic (exact) mass is 358 g/mol. The smallest absolute Gasteiger partial charge is 0.240 e. The number of carbonyl (C=O) groups excluding carboxylic acids is 2. The molecule has 0 aromatic heterocycles. The number of allylic oxidation sites excluding steroid dienone is 1. The van der Waals surface area contributed by atoms with Crippen LogP contribution in [0.15, 0.2) is 40.8 Å². The third-order valence-corrected chi connectivity index (χ3v) is 6.21. The predicted molar refractivity (Wildman–Crippen MR) is 103 cm³/mol. The van der Waals surface area contributed by atoms with Gasteiger partial charge in [-0.2, -0.15) is 0 Å². The lowest BCUT2D eigenvalue weighted by molar-refractivity contribution is -0.123. The Kier molecular flexibility index (Phi) is 6.19. The quantitative estimate of drug-likeness (QED) is 0.785. The molecule has 2 amide bonds. The Morgan fingerprint density at radius 2 is 2.16 bits per heavy atom. The van der Waals surface area contributed by atoms with Gasteiger partial charge in [0.25, 0.3) is 0 Å². The summed E-state index contributed by atoms with van der Waals surface area (Å²) in [4.78, 5) is 27.8. The molecular weight excluding hydrogens is 332 g/mol. The third-order valence-electron chi connectivity index (χ3n) is 4.79. The second kappa shape index (κ2) is 8.56. The van der Waals surface area contributed by atoms with Crippen LogP contribution in [0, 0.1) is 0 Å². The number of nitrogens with one attached hydrogen (secondary N) is 1. The zero-order valence-electron chi connectivity index (χ0n) is 14.8. The van der Waals surface area contributed by atoms with Crippen LogP contribution in [0.3, 0.4) is 0 Å². The van der Waals surface area contributed by atoms with Crippen LogP contribution in [0.5, 0.6) is 0 Å². The minimum atomic E-state index is -0.102. The summed E-state index contributed by atoms with van der Waals surface area (Å²) in [7, 11) is 0. The van der Waals surface area contributed by atoms with Gasteiger partial charge in [-0.05, 0) is 50.7 Å². The Labute approximate surface area is 154 Å². The maximum absolute atomic E-state index is 12.7. The molecule has 0 saturated heterocycles. The SMILES string of the molecule is CC[C@@H]1Sc2ccccc2N(CC(=O)NCCC2=CCCCC2)C1=O. The molecule has 2 aliphatic rings. The molecule has 1 N–H and O–H groups in total. The number of anilines is 1. The van der Waals surface area contributed by atoms with Crippen molar-refractivity contribution in [2.24, 2.45) is 0 Å². The maximum Gasteiger partial charge on any atom is 0.240 e. The van der Waals surface area contributed by atoms with Crippen LogP contribution in [-0.2, 0) is 9.59 Å². The molecule has 1 atom stereocenters. The van der Waals surface area contributed by atoms with Crippen LogP contribution >= 0.6 is 11.8 Å². The van der Waals surface area contributed by atoms with Crippen molar-refractivity contribution in [1.82, 2.24) is 5.32 Å². The van der Waals surface area contributed by atoms with E-state index in [1.807, 2.05) is 31.2 Å². The second-order valence-corrected chi connectivity index (χ2v) is 7.86. The summed E-state index contributed by atoms with van der Waals surface area (Å²) < 4.78 is 0. The lowest BCUT2D eigenvalue weighted by atomic mass is 9.97. The molecule has 1 aromatic carbocycles. The summed E-state index contributed by atoms with van der Waals surface area (Å²) in [6, 6.07) is 7.84. The van der Waals surface area contributed by atoms with Crippen LogP contribution in [0.4, 0.5) is 5.69 Å². The molecule has 0 radical (unpaired) electrons. The highest BCUT2D eigenvalue weighted by Crippen LogP contribution is 2.39. The molecule has 0 bridgehead atoms. The first-order valence-electron chi connectivity index (χ1n) is 9.20. The summed E-state index contributed by atoms with van der Waals surface area (Å²) in [6.07, 6.45) is 8.86. The van der Waals surface area contributed by atoms with Gasteiger partial charge < -0.3 is 10.2 Å². The Balaban J connectivity index is 1.59. The fourth-order valence-corrected chi connectivity index (χ4v) is 4.55. The first kappa shape index (κ1) is 18.1. The molecule has 4 nitrogen and oxygen atoms in total. The zero-order chi connectivity index (χ0) is 17.6. The van der Waals surface area contributed by atoms with E-state index in [2.05, 4.69) is 11.4 Å². The predicted octanol–water partition coefficient (Wildman–Crippen LogP) is 3.91. The number of amides is 2. The first-order valence-corrected chi connectivity index (χ1v) is 10.1. The Morgan fingerprint density at radius 3 is 2.92 bits per heavy atom. The molecular formula is C20H26N2O2S. The fraction of sp³-hybridized carbons (Fsp3) is 0.500. The van der Waals surface area contributed by atoms with Crippen molar-refractivity contribution in [3.05, 3.63) is 35.9 Å². The molecule has 25 heavy (non-hydrogen) atoms. The average molecular weight is 359 g/mol. The van der Waals surface area contributed by atoms with Gasteiger partial charge in [0, 0.05) is 11.4 Å². The van der Waals surface area contributed by atoms with Crippen LogP contribution in [0.1, 0.15) is 45.4 Å². The molecule has 1 aliphatic carbocycles. The van der Waals surface area contributed by atoms with Gasteiger partial charge in [-0.15, -0.1) is 11.8 Å². The molecule has 134 valence electrons. The van der Waals surface area contributed by atoms with Gasteiger partial charge in [-0.3, -0.25) is 9.59 Å². The molecule has 0 spiro atoms. The zero-order valence-corrected chi connectivity index (χ0v) is 15.6. The first-order chi connectivity index (χ1) is 12.2. The molecule has 5 heteroatoms. The van der Waals surface area contributed by atoms with E-state index in [1.54, 1.807) is 16.7 Å². The fourth-order valence-electron chi connectivity index (χ4n) is 3.39. The maximum atomic E-state index is 12.7. The van der Waals surface area contributed by atoms with Gasteiger partial charge in [0.2, 0.25) is 11.8 Å². The molecule has 0 saturated carbocycles. The Hall–Kier alpha value is -1.75. The van der Waals surface area contributed by atoms with Crippen molar-refractivity contribution in [1.29, 1.82) is 0 Å². The van der Waals surface area contributed by atoms with Gasteiger partial charge in [0.15, 0.2) is 0 Å². The number of carbonyl (C=O) groups is 2. The lowest BCUT2D eigenvalue weighted by Crippen LogP contribution is -2.46. The topological polar surface area (TPSA) is 49.4 Å². The van der Waals surface area contributed by atoms with Crippen LogP contribution in [0.25, 0.3) is 0 Å². The van der Waals surface area contributed by atoms with Crippen molar-refractivity contribution in [2.75, 3.05) is 18.0 Å². The Morgan fingerprint density at radius 1 is 1.32 bits per heavy atom. The summed E-state index contributed by atoms with van der Waals surface area (Å²) in [5, 5.41) is 2.88.